The van der Waals surface area contributed by atoms with Crippen LogP contribution in [0.3, 0.4) is 0 Å². The minimum atomic E-state index is -0.649. The smallest absolute Gasteiger partial charge is 0.217 e. The standard InChI is InChI=1S/C26H42N4O3/c1-22(31)27-24-8-13-29(14-9-24)20-26(32)10-15-30(21-26)19-23-6-5-7-25(18-23)33-17-16-28-11-3-2-4-12-28/h5-7,18,24,32H,2-4,8-17,19-21H2,1H3,(H,27,31). The van der Waals surface area contributed by atoms with Gasteiger partial charge in [0, 0.05) is 58.8 Å². The Labute approximate surface area is 199 Å². The van der Waals surface area contributed by atoms with Crippen molar-refractivity contribution in [1.29, 1.82) is 0 Å². The minimum absolute atomic E-state index is 0.0509. The van der Waals surface area contributed by atoms with E-state index in [4.69, 9.17) is 4.74 Å². The second-order valence-corrected chi connectivity index (χ2v) is 10.3. The molecule has 0 aromatic heterocycles. The molecule has 1 amide bonds. The van der Waals surface area contributed by atoms with Gasteiger partial charge < -0.3 is 20.1 Å². The normalized spacial score (nSPS) is 25.9. The van der Waals surface area contributed by atoms with Crippen molar-refractivity contribution < 1.29 is 14.6 Å². The van der Waals surface area contributed by atoms with E-state index < -0.39 is 5.60 Å². The van der Waals surface area contributed by atoms with Gasteiger partial charge in [0.2, 0.25) is 5.91 Å². The lowest BCUT2D eigenvalue weighted by atomic mass is 9.99. The van der Waals surface area contributed by atoms with Crippen molar-refractivity contribution in [2.75, 3.05) is 59.0 Å². The monoisotopic (exact) mass is 458 g/mol. The SMILES string of the molecule is CC(=O)NC1CCN(CC2(O)CCN(Cc3cccc(OCCN4CCCCC4)c3)C2)CC1. The Morgan fingerprint density at radius 1 is 1.09 bits per heavy atom. The molecular formula is C26H42N4O3. The molecule has 0 saturated carbocycles. The minimum Gasteiger partial charge on any atom is -0.492 e. The number of ether oxygens (including phenoxy) is 1. The van der Waals surface area contributed by atoms with E-state index in [2.05, 4.69) is 38.2 Å². The van der Waals surface area contributed by atoms with Crippen LogP contribution in [0.15, 0.2) is 24.3 Å². The molecular weight excluding hydrogens is 416 g/mol. The van der Waals surface area contributed by atoms with Crippen LogP contribution in [-0.4, -0.2) is 96.3 Å². The summed E-state index contributed by atoms with van der Waals surface area (Å²) < 4.78 is 6.05. The summed E-state index contributed by atoms with van der Waals surface area (Å²) in [7, 11) is 0. The van der Waals surface area contributed by atoms with Gasteiger partial charge in [-0.3, -0.25) is 14.6 Å². The van der Waals surface area contributed by atoms with Crippen LogP contribution in [0.25, 0.3) is 0 Å². The average Bonchev–Trinajstić information content (AvgIpc) is 3.16. The summed E-state index contributed by atoms with van der Waals surface area (Å²) in [6.07, 6.45) is 6.72. The number of nitrogens with one attached hydrogen (secondary N) is 1. The summed E-state index contributed by atoms with van der Waals surface area (Å²) in [5, 5.41) is 14.2. The van der Waals surface area contributed by atoms with Gasteiger partial charge in [-0.15, -0.1) is 0 Å². The van der Waals surface area contributed by atoms with Crippen LogP contribution < -0.4 is 10.1 Å². The third-order valence-electron chi connectivity index (χ3n) is 7.35. The van der Waals surface area contributed by atoms with E-state index in [0.29, 0.717) is 6.54 Å². The molecule has 3 heterocycles. The first-order chi connectivity index (χ1) is 16.0. The van der Waals surface area contributed by atoms with Crippen LogP contribution in [-0.2, 0) is 11.3 Å². The van der Waals surface area contributed by atoms with Crippen molar-refractivity contribution in [2.45, 2.75) is 63.6 Å². The van der Waals surface area contributed by atoms with Crippen LogP contribution >= 0.6 is 0 Å². The molecule has 0 spiro atoms. The quantitative estimate of drug-likeness (QED) is 0.591. The van der Waals surface area contributed by atoms with E-state index in [1.807, 2.05) is 6.07 Å². The number of likely N-dealkylation sites (tertiary alicyclic amines) is 3. The fourth-order valence-corrected chi connectivity index (χ4v) is 5.61. The first-order valence-electron chi connectivity index (χ1n) is 12.9. The zero-order valence-corrected chi connectivity index (χ0v) is 20.3. The molecule has 4 rings (SSSR count). The Morgan fingerprint density at radius 3 is 2.64 bits per heavy atom. The second kappa shape index (κ2) is 11.6. The third kappa shape index (κ3) is 7.67. The summed E-state index contributed by atoms with van der Waals surface area (Å²) in [6, 6.07) is 8.71. The molecule has 7 heteroatoms. The highest BCUT2D eigenvalue weighted by molar-refractivity contribution is 5.73. The number of rotatable bonds is 9. The Bertz CT molecular complexity index is 762. The molecule has 1 aromatic carbocycles. The molecule has 0 radical (unpaired) electrons. The molecule has 1 atom stereocenters. The number of piperidine rings is 2. The van der Waals surface area contributed by atoms with Gasteiger partial charge in [-0.2, -0.15) is 0 Å². The maximum Gasteiger partial charge on any atom is 0.217 e. The van der Waals surface area contributed by atoms with Gasteiger partial charge in [-0.1, -0.05) is 18.6 Å². The van der Waals surface area contributed by atoms with Crippen LogP contribution in [0.2, 0.25) is 0 Å². The third-order valence-corrected chi connectivity index (χ3v) is 7.35. The number of benzene rings is 1. The number of β-amino-alcohol motifs (C(OH)–C–C–N with tert-alkyl or cyclic N) is 1. The number of carbonyl (C=O) groups is 1. The Balaban J connectivity index is 1.19. The maximum atomic E-state index is 11.3. The molecule has 0 aliphatic carbocycles. The summed E-state index contributed by atoms with van der Waals surface area (Å²) in [5.41, 5.74) is 0.592. The number of aliphatic hydroxyl groups is 1. The molecule has 7 nitrogen and oxygen atoms in total. The van der Waals surface area contributed by atoms with Crippen molar-refractivity contribution in [3.63, 3.8) is 0 Å². The van der Waals surface area contributed by atoms with Gasteiger partial charge in [0.1, 0.15) is 12.4 Å². The van der Waals surface area contributed by atoms with Crippen LogP contribution in [0.5, 0.6) is 5.75 Å². The average molecular weight is 459 g/mol. The second-order valence-electron chi connectivity index (χ2n) is 10.3. The zero-order chi connectivity index (χ0) is 23.1. The number of hydrogen-bond donors (Lipinski definition) is 2. The van der Waals surface area contributed by atoms with Crippen LogP contribution in [0, 0.1) is 0 Å². The lowest BCUT2D eigenvalue weighted by Gasteiger charge is -2.36. The van der Waals surface area contributed by atoms with Gasteiger partial charge in [-0.05, 0) is 62.9 Å². The van der Waals surface area contributed by atoms with E-state index >= 15 is 0 Å². The van der Waals surface area contributed by atoms with Gasteiger partial charge in [-0.25, -0.2) is 0 Å². The fourth-order valence-electron chi connectivity index (χ4n) is 5.61. The highest BCUT2D eigenvalue weighted by atomic mass is 16.5. The highest BCUT2D eigenvalue weighted by Gasteiger charge is 2.38. The van der Waals surface area contributed by atoms with Crippen molar-refractivity contribution >= 4 is 5.91 Å². The van der Waals surface area contributed by atoms with Crippen molar-refractivity contribution in [1.82, 2.24) is 20.0 Å². The Kier molecular flexibility index (Phi) is 8.63. The summed E-state index contributed by atoms with van der Waals surface area (Å²) in [5.74, 6) is 0.996. The van der Waals surface area contributed by atoms with Gasteiger partial charge in [0.05, 0.1) is 5.60 Å². The maximum absolute atomic E-state index is 11.3. The molecule has 3 saturated heterocycles. The molecule has 0 bridgehead atoms. The van der Waals surface area contributed by atoms with Crippen molar-refractivity contribution in [3.05, 3.63) is 29.8 Å². The predicted octanol–water partition coefficient (Wildman–Crippen LogP) is 2.09. The first-order valence-corrected chi connectivity index (χ1v) is 12.9. The number of hydrogen-bond acceptors (Lipinski definition) is 6. The molecule has 3 aliphatic heterocycles. The van der Waals surface area contributed by atoms with E-state index in [0.717, 1.165) is 70.9 Å². The number of nitrogens with zero attached hydrogens (tertiary/aromatic N) is 3. The van der Waals surface area contributed by atoms with E-state index in [-0.39, 0.29) is 11.9 Å². The Morgan fingerprint density at radius 2 is 1.88 bits per heavy atom. The summed E-state index contributed by atoms with van der Waals surface area (Å²) in [4.78, 5) is 18.5. The molecule has 3 aliphatic rings. The Hall–Kier alpha value is -1.67. The van der Waals surface area contributed by atoms with Crippen LogP contribution in [0.4, 0.5) is 0 Å². The lowest BCUT2D eigenvalue weighted by Crippen LogP contribution is -2.50. The highest BCUT2D eigenvalue weighted by Crippen LogP contribution is 2.26. The van der Waals surface area contributed by atoms with Crippen molar-refractivity contribution in [3.8, 4) is 5.75 Å². The molecule has 184 valence electrons. The zero-order valence-electron chi connectivity index (χ0n) is 20.3. The molecule has 1 unspecified atom stereocenters. The largest absolute Gasteiger partial charge is 0.492 e. The topological polar surface area (TPSA) is 68.3 Å². The lowest BCUT2D eigenvalue weighted by molar-refractivity contribution is -0.120. The summed E-state index contributed by atoms with van der Waals surface area (Å²) in [6.45, 7) is 10.8. The first kappa shape index (κ1) is 24.5. The fraction of sp³-hybridized carbons (Fsp3) is 0.731. The summed E-state index contributed by atoms with van der Waals surface area (Å²) >= 11 is 0. The van der Waals surface area contributed by atoms with E-state index in [1.54, 1.807) is 6.92 Å². The molecule has 1 aromatic rings. The van der Waals surface area contributed by atoms with Gasteiger partial charge in [0.15, 0.2) is 0 Å². The molecule has 2 N–H and O–H groups in total. The number of carbonyl (C=O) groups excluding carboxylic acids is 1. The number of amides is 1. The van der Waals surface area contributed by atoms with Gasteiger partial charge >= 0.3 is 0 Å². The van der Waals surface area contributed by atoms with Crippen LogP contribution in [0.1, 0.15) is 51.0 Å². The molecule has 3 fully saturated rings. The molecule has 33 heavy (non-hydrogen) atoms. The van der Waals surface area contributed by atoms with E-state index in [1.165, 1.54) is 37.9 Å². The predicted molar refractivity (Wildman–Crippen MR) is 130 cm³/mol. The van der Waals surface area contributed by atoms with Gasteiger partial charge in [0.25, 0.3) is 0 Å². The van der Waals surface area contributed by atoms with E-state index in [9.17, 15) is 9.90 Å². The van der Waals surface area contributed by atoms with Crippen molar-refractivity contribution in [2.24, 2.45) is 0 Å².